The smallest absolute Gasteiger partial charge is 0.336 e. The first-order chi connectivity index (χ1) is 11.1. The van der Waals surface area contributed by atoms with Crippen LogP contribution in [0.2, 0.25) is 0 Å². The number of benzene rings is 1. The van der Waals surface area contributed by atoms with E-state index in [1.165, 1.54) is 24.4 Å². The van der Waals surface area contributed by atoms with E-state index < -0.39 is 17.8 Å². The summed E-state index contributed by atoms with van der Waals surface area (Å²) < 4.78 is 10.1. The molecule has 0 atom stereocenters. The summed E-state index contributed by atoms with van der Waals surface area (Å²) in [6.45, 7) is 0. The molecule has 1 aromatic heterocycles. The predicted molar refractivity (Wildman–Crippen MR) is 79.0 cm³/mol. The van der Waals surface area contributed by atoms with E-state index in [4.69, 9.17) is 9.47 Å². The van der Waals surface area contributed by atoms with E-state index >= 15 is 0 Å². The van der Waals surface area contributed by atoms with Crippen molar-refractivity contribution in [2.75, 3.05) is 5.32 Å². The molecule has 0 fully saturated rings. The Bertz CT molecular complexity index is 814. The molecule has 7 heteroatoms. The van der Waals surface area contributed by atoms with E-state index in [1.54, 1.807) is 18.2 Å². The third-order valence-electron chi connectivity index (χ3n) is 2.90. The number of rotatable bonds is 2. The van der Waals surface area contributed by atoms with Gasteiger partial charge in [-0.3, -0.25) is 4.79 Å². The van der Waals surface area contributed by atoms with Crippen LogP contribution in [0.5, 0.6) is 11.5 Å². The topological polar surface area (TPSA) is 94.6 Å². The second-order valence-corrected chi connectivity index (χ2v) is 4.48. The Morgan fingerprint density at radius 3 is 2.48 bits per heavy atom. The van der Waals surface area contributed by atoms with Crippen molar-refractivity contribution in [2.45, 2.75) is 0 Å². The number of nitrogens with one attached hydrogen (secondary N) is 1. The van der Waals surface area contributed by atoms with E-state index in [1.807, 2.05) is 0 Å². The number of para-hydroxylation sites is 1. The molecule has 0 aliphatic carbocycles. The zero-order valence-corrected chi connectivity index (χ0v) is 11.7. The average molecular weight is 310 g/mol. The summed E-state index contributed by atoms with van der Waals surface area (Å²) in [4.78, 5) is 39.5. The number of hydrogen-bond acceptors (Lipinski definition) is 6. The van der Waals surface area contributed by atoms with Crippen LogP contribution in [-0.2, 0) is 9.59 Å². The van der Waals surface area contributed by atoms with E-state index in [0.29, 0.717) is 5.82 Å². The molecular weight excluding hydrogens is 300 g/mol. The van der Waals surface area contributed by atoms with Crippen molar-refractivity contribution in [1.82, 2.24) is 4.98 Å². The minimum atomic E-state index is -0.777. The highest BCUT2D eigenvalue weighted by atomic mass is 16.6. The Labute approximate surface area is 130 Å². The fourth-order valence-corrected chi connectivity index (χ4v) is 1.91. The molecule has 1 aliphatic rings. The predicted octanol–water partition coefficient (Wildman–Crippen LogP) is 1.71. The Kier molecular flexibility index (Phi) is 3.84. The van der Waals surface area contributed by atoms with Gasteiger partial charge < -0.3 is 14.8 Å². The zero-order chi connectivity index (χ0) is 16.2. The Morgan fingerprint density at radius 1 is 0.957 bits per heavy atom. The summed E-state index contributed by atoms with van der Waals surface area (Å²) in [5.74, 6) is -1.85. The summed E-state index contributed by atoms with van der Waals surface area (Å²) in [5, 5.41) is 2.57. The summed E-state index contributed by atoms with van der Waals surface area (Å²) in [7, 11) is 0. The van der Waals surface area contributed by atoms with Gasteiger partial charge in [0.1, 0.15) is 5.82 Å². The number of esters is 2. The molecule has 3 rings (SSSR count). The highest BCUT2D eigenvalue weighted by Crippen LogP contribution is 2.33. The molecule has 0 saturated carbocycles. The molecule has 114 valence electrons. The number of aromatic nitrogens is 1. The van der Waals surface area contributed by atoms with Gasteiger partial charge in [0.05, 0.1) is 5.56 Å². The van der Waals surface area contributed by atoms with Gasteiger partial charge in [0.2, 0.25) is 0 Å². The van der Waals surface area contributed by atoms with Crippen molar-refractivity contribution >= 4 is 23.7 Å². The van der Waals surface area contributed by atoms with E-state index in [0.717, 1.165) is 12.2 Å². The molecule has 0 spiro atoms. The molecular formula is C16H10N2O5. The largest absolute Gasteiger partial charge is 0.419 e. The number of carbonyl (C=O) groups excluding carboxylic acids is 3. The van der Waals surface area contributed by atoms with Crippen LogP contribution in [0.25, 0.3) is 0 Å². The number of carbonyl (C=O) groups is 3. The van der Waals surface area contributed by atoms with Gasteiger partial charge in [-0.05, 0) is 24.3 Å². The molecule has 1 amide bonds. The van der Waals surface area contributed by atoms with Crippen LogP contribution in [-0.4, -0.2) is 22.8 Å². The average Bonchev–Trinajstić information content (AvgIpc) is 2.54. The standard InChI is InChI=1S/C16H10N2O5/c19-13-7-8-14(20)23-15-10(4-3-5-11(15)22-13)16(21)18-12-6-1-2-9-17-12/h1-9H,(H,17,18,21)/b8-7-. The van der Waals surface area contributed by atoms with Gasteiger partial charge >= 0.3 is 11.9 Å². The van der Waals surface area contributed by atoms with Crippen molar-refractivity contribution < 1.29 is 23.9 Å². The third kappa shape index (κ3) is 3.24. The van der Waals surface area contributed by atoms with Crippen LogP contribution in [0.15, 0.2) is 54.7 Å². The molecule has 2 aromatic rings. The maximum Gasteiger partial charge on any atom is 0.336 e. The van der Waals surface area contributed by atoms with Crippen molar-refractivity contribution in [3.63, 3.8) is 0 Å². The molecule has 0 radical (unpaired) electrons. The molecule has 1 aromatic carbocycles. The van der Waals surface area contributed by atoms with Gasteiger partial charge in [0.15, 0.2) is 11.5 Å². The van der Waals surface area contributed by atoms with Gasteiger partial charge in [-0.25, -0.2) is 14.6 Å². The van der Waals surface area contributed by atoms with E-state index in [2.05, 4.69) is 10.3 Å². The molecule has 2 heterocycles. The lowest BCUT2D eigenvalue weighted by molar-refractivity contribution is -0.133. The number of hydrogen-bond donors (Lipinski definition) is 1. The Morgan fingerprint density at radius 2 is 1.74 bits per heavy atom. The van der Waals surface area contributed by atoms with Crippen LogP contribution >= 0.6 is 0 Å². The second kappa shape index (κ2) is 6.10. The molecule has 23 heavy (non-hydrogen) atoms. The van der Waals surface area contributed by atoms with Crippen LogP contribution < -0.4 is 14.8 Å². The van der Waals surface area contributed by atoms with Crippen LogP contribution in [0.3, 0.4) is 0 Å². The SMILES string of the molecule is O=C1/C=C\C(=O)Oc2c(cccc2C(=O)Nc2ccccn2)O1. The Balaban J connectivity index is 1.96. The highest BCUT2D eigenvalue weighted by Gasteiger charge is 2.22. The number of amides is 1. The second-order valence-electron chi connectivity index (χ2n) is 4.48. The van der Waals surface area contributed by atoms with Crippen LogP contribution in [0, 0.1) is 0 Å². The molecule has 1 N–H and O–H groups in total. The maximum atomic E-state index is 12.4. The monoisotopic (exact) mass is 310 g/mol. The minimum absolute atomic E-state index is 0.0126. The fourth-order valence-electron chi connectivity index (χ4n) is 1.91. The van der Waals surface area contributed by atoms with Crippen LogP contribution in [0.4, 0.5) is 5.82 Å². The normalized spacial score (nSPS) is 14.6. The first-order valence-electron chi connectivity index (χ1n) is 6.60. The van der Waals surface area contributed by atoms with Crippen molar-refractivity contribution in [3.05, 3.63) is 60.3 Å². The van der Waals surface area contributed by atoms with Crippen molar-refractivity contribution in [2.24, 2.45) is 0 Å². The van der Waals surface area contributed by atoms with E-state index in [9.17, 15) is 14.4 Å². The van der Waals surface area contributed by atoms with Gasteiger partial charge in [-0.15, -0.1) is 0 Å². The maximum absolute atomic E-state index is 12.4. The summed E-state index contributed by atoms with van der Waals surface area (Å²) in [5.41, 5.74) is 0.0459. The van der Waals surface area contributed by atoms with Crippen molar-refractivity contribution in [1.29, 1.82) is 0 Å². The lowest BCUT2D eigenvalue weighted by Gasteiger charge is -2.14. The third-order valence-corrected chi connectivity index (χ3v) is 2.90. The van der Waals surface area contributed by atoms with Crippen LogP contribution in [0.1, 0.15) is 10.4 Å². The Hall–Kier alpha value is -3.48. The number of ether oxygens (including phenoxy) is 2. The first-order valence-corrected chi connectivity index (χ1v) is 6.60. The van der Waals surface area contributed by atoms with E-state index in [-0.39, 0.29) is 17.1 Å². The quantitative estimate of drug-likeness (QED) is 0.670. The van der Waals surface area contributed by atoms with Gasteiger partial charge in [-0.2, -0.15) is 0 Å². The molecule has 7 nitrogen and oxygen atoms in total. The summed E-state index contributed by atoms with van der Waals surface area (Å²) >= 11 is 0. The summed E-state index contributed by atoms with van der Waals surface area (Å²) in [6.07, 6.45) is 3.41. The summed E-state index contributed by atoms with van der Waals surface area (Å²) in [6, 6.07) is 9.42. The van der Waals surface area contributed by atoms with Crippen molar-refractivity contribution in [3.8, 4) is 11.5 Å². The highest BCUT2D eigenvalue weighted by molar-refractivity contribution is 6.07. The minimum Gasteiger partial charge on any atom is -0.419 e. The number of pyridine rings is 1. The number of fused-ring (bicyclic) bond motifs is 1. The van der Waals surface area contributed by atoms with Gasteiger partial charge in [0.25, 0.3) is 5.91 Å². The zero-order valence-electron chi connectivity index (χ0n) is 11.7. The molecule has 1 aliphatic heterocycles. The fraction of sp³-hybridized carbons (Fsp3) is 0. The lowest BCUT2D eigenvalue weighted by Crippen LogP contribution is -2.19. The molecule has 0 saturated heterocycles. The lowest BCUT2D eigenvalue weighted by atomic mass is 10.1. The first kappa shape index (κ1) is 14.5. The number of anilines is 1. The molecule has 0 unspecified atom stereocenters. The van der Waals surface area contributed by atoms with Gasteiger partial charge in [0, 0.05) is 18.3 Å². The van der Waals surface area contributed by atoms with Gasteiger partial charge in [-0.1, -0.05) is 12.1 Å². The number of nitrogens with zero attached hydrogens (tertiary/aromatic N) is 1. The molecule has 0 bridgehead atoms.